The number of aliphatic imine (C=N–C) groups is 1. The summed E-state index contributed by atoms with van der Waals surface area (Å²) in [6, 6.07) is 6.72. The van der Waals surface area contributed by atoms with E-state index >= 15 is 0 Å². The number of carbonyl (C=O) groups is 2. The van der Waals surface area contributed by atoms with Gasteiger partial charge in [0, 0.05) is 6.21 Å². The molecule has 0 atom stereocenters. The van der Waals surface area contributed by atoms with Gasteiger partial charge in [0.1, 0.15) is 6.54 Å². The van der Waals surface area contributed by atoms with Gasteiger partial charge in [-0.3, -0.25) is 9.79 Å². The van der Waals surface area contributed by atoms with Crippen molar-refractivity contribution >= 4 is 18.2 Å². The molecule has 5 nitrogen and oxygen atoms in total. The zero-order chi connectivity index (χ0) is 13.4. The molecule has 0 bridgehead atoms. The van der Waals surface area contributed by atoms with Crippen LogP contribution < -0.4 is 0 Å². The molecule has 1 aromatic carbocycles. The number of rotatable bonds is 5. The van der Waals surface area contributed by atoms with Crippen molar-refractivity contribution in [3.8, 4) is 0 Å². The molecular formula is C13H15NO4. The second-order valence-electron chi connectivity index (χ2n) is 3.39. The third-order valence-corrected chi connectivity index (χ3v) is 2.10. The summed E-state index contributed by atoms with van der Waals surface area (Å²) in [4.78, 5) is 26.1. The third-order valence-electron chi connectivity index (χ3n) is 2.10. The summed E-state index contributed by atoms with van der Waals surface area (Å²) in [5.74, 6) is -0.745. The first kappa shape index (κ1) is 13.9. The summed E-state index contributed by atoms with van der Waals surface area (Å²) in [6.45, 7) is 2.09. The van der Waals surface area contributed by atoms with Gasteiger partial charge in [-0.15, -0.1) is 0 Å². The highest BCUT2D eigenvalue weighted by atomic mass is 16.5. The molecule has 5 heteroatoms. The lowest BCUT2D eigenvalue weighted by atomic mass is 10.1. The smallest absolute Gasteiger partial charge is 0.337 e. The van der Waals surface area contributed by atoms with Crippen LogP contribution in [-0.4, -0.2) is 38.4 Å². The van der Waals surface area contributed by atoms with Crippen LogP contribution in [0.5, 0.6) is 0 Å². The van der Waals surface area contributed by atoms with E-state index in [4.69, 9.17) is 4.74 Å². The third kappa shape index (κ3) is 4.37. The maximum Gasteiger partial charge on any atom is 0.337 e. The van der Waals surface area contributed by atoms with Crippen molar-refractivity contribution in [3.05, 3.63) is 35.4 Å². The van der Waals surface area contributed by atoms with Crippen molar-refractivity contribution in [1.82, 2.24) is 0 Å². The van der Waals surface area contributed by atoms with Crippen molar-refractivity contribution in [1.29, 1.82) is 0 Å². The Morgan fingerprint density at radius 3 is 2.50 bits per heavy atom. The lowest BCUT2D eigenvalue weighted by molar-refractivity contribution is -0.141. The standard InChI is InChI=1S/C13H15NO4/c1-3-18-12(15)9-14-8-10-4-6-11(7-5-10)13(16)17-2/h4-8H,3,9H2,1-2H3. The van der Waals surface area contributed by atoms with Gasteiger partial charge < -0.3 is 9.47 Å². The molecular weight excluding hydrogens is 234 g/mol. The summed E-state index contributed by atoms with van der Waals surface area (Å²) < 4.78 is 9.31. The van der Waals surface area contributed by atoms with E-state index < -0.39 is 0 Å². The van der Waals surface area contributed by atoms with Crippen LogP contribution >= 0.6 is 0 Å². The van der Waals surface area contributed by atoms with Crippen molar-refractivity contribution in [2.24, 2.45) is 4.99 Å². The minimum atomic E-state index is -0.384. The van der Waals surface area contributed by atoms with Crippen LogP contribution in [-0.2, 0) is 14.3 Å². The van der Waals surface area contributed by atoms with E-state index in [9.17, 15) is 9.59 Å². The van der Waals surface area contributed by atoms with Gasteiger partial charge in [0.05, 0.1) is 19.3 Å². The summed E-state index contributed by atoms with van der Waals surface area (Å²) in [6.07, 6.45) is 1.55. The Hall–Kier alpha value is -2.17. The zero-order valence-corrected chi connectivity index (χ0v) is 10.4. The molecule has 0 aromatic heterocycles. The number of carbonyl (C=O) groups excluding carboxylic acids is 2. The molecule has 1 rings (SSSR count). The Morgan fingerprint density at radius 2 is 1.94 bits per heavy atom. The van der Waals surface area contributed by atoms with Gasteiger partial charge in [0.15, 0.2) is 0 Å². The van der Waals surface area contributed by atoms with Gasteiger partial charge in [-0.2, -0.15) is 0 Å². The largest absolute Gasteiger partial charge is 0.465 e. The molecule has 0 aliphatic heterocycles. The molecule has 0 saturated heterocycles. The number of benzene rings is 1. The normalized spacial score (nSPS) is 10.3. The first-order valence-corrected chi connectivity index (χ1v) is 5.51. The Balaban J connectivity index is 2.56. The molecule has 18 heavy (non-hydrogen) atoms. The van der Waals surface area contributed by atoms with Crippen LogP contribution in [0.25, 0.3) is 0 Å². The number of esters is 2. The highest BCUT2D eigenvalue weighted by molar-refractivity contribution is 5.90. The van der Waals surface area contributed by atoms with E-state index in [0.717, 1.165) is 5.56 Å². The molecule has 0 radical (unpaired) electrons. The fourth-order valence-electron chi connectivity index (χ4n) is 1.26. The van der Waals surface area contributed by atoms with E-state index in [2.05, 4.69) is 9.73 Å². The molecule has 0 unspecified atom stereocenters. The Morgan fingerprint density at radius 1 is 1.28 bits per heavy atom. The average molecular weight is 249 g/mol. The van der Waals surface area contributed by atoms with Crippen LogP contribution in [0.2, 0.25) is 0 Å². The number of ether oxygens (including phenoxy) is 2. The number of hydrogen-bond acceptors (Lipinski definition) is 5. The first-order chi connectivity index (χ1) is 8.67. The van der Waals surface area contributed by atoms with E-state index in [1.54, 1.807) is 37.4 Å². The number of nitrogens with zero attached hydrogens (tertiary/aromatic N) is 1. The van der Waals surface area contributed by atoms with Crippen LogP contribution in [0.3, 0.4) is 0 Å². The fraction of sp³-hybridized carbons (Fsp3) is 0.308. The molecule has 0 aliphatic rings. The van der Waals surface area contributed by atoms with Crippen molar-refractivity contribution in [2.75, 3.05) is 20.3 Å². The molecule has 96 valence electrons. The maximum atomic E-state index is 11.2. The highest BCUT2D eigenvalue weighted by Gasteiger charge is 2.03. The Labute approximate surface area is 105 Å². The highest BCUT2D eigenvalue weighted by Crippen LogP contribution is 2.03. The van der Waals surface area contributed by atoms with Crippen LogP contribution in [0.15, 0.2) is 29.3 Å². The molecule has 1 aromatic rings. The van der Waals surface area contributed by atoms with E-state index in [1.807, 2.05) is 0 Å². The van der Waals surface area contributed by atoms with E-state index in [1.165, 1.54) is 7.11 Å². The molecule has 0 aliphatic carbocycles. The van der Waals surface area contributed by atoms with Crippen LogP contribution in [0.4, 0.5) is 0 Å². The molecule has 0 spiro atoms. The lowest BCUT2D eigenvalue weighted by Crippen LogP contribution is -2.07. The van der Waals surface area contributed by atoms with Crippen LogP contribution in [0.1, 0.15) is 22.8 Å². The maximum absolute atomic E-state index is 11.2. The predicted octanol–water partition coefficient (Wildman–Crippen LogP) is 1.46. The minimum absolute atomic E-state index is 0.00735. The molecule has 0 amide bonds. The summed E-state index contributed by atoms with van der Waals surface area (Å²) in [5, 5.41) is 0. The average Bonchev–Trinajstić information content (AvgIpc) is 2.39. The predicted molar refractivity (Wildman–Crippen MR) is 66.9 cm³/mol. The van der Waals surface area contributed by atoms with Gasteiger partial charge >= 0.3 is 11.9 Å². The SMILES string of the molecule is CCOC(=O)CN=Cc1ccc(C(=O)OC)cc1. The Bertz CT molecular complexity index is 437. The fourth-order valence-corrected chi connectivity index (χ4v) is 1.26. The molecule has 0 heterocycles. The quantitative estimate of drug-likeness (QED) is 0.585. The lowest BCUT2D eigenvalue weighted by Gasteiger charge is -1.99. The van der Waals surface area contributed by atoms with Crippen LogP contribution in [0, 0.1) is 0 Å². The minimum Gasteiger partial charge on any atom is -0.465 e. The Kier molecular flexibility index (Phi) is 5.57. The molecule has 0 saturated carbocycles. The van der Waals surface area contributed by atoms with Gasteiger partial charge in [0.25, 0.3) is 0 Å². The number of methoxy groups -OCH3 is 1. The monoisotopic (exact) mass is 249 g/mol. The topological polar surface area (TPSA) is 65.0 Å². The van der Waals surface area contributed by atoms with Crippen molar-refractivity contribution in [2.45, 2.75) is 6.92 Å². The van der Waals surface area contributed by atoms with Gasteiger partial charge in [-0.05, 0) is 24.6 Å². The van der Waals surface area contributed by atoms with Gasteiger partial charge in [-0.25, -0.2) is 4.79 Å². The second kappa shape index (κ2) is 7.21. The summed E-state index contributed by atoms with van der Waals surface area (Å²) in [7, 11) is 1.33. The van der Waals surface area contributed by atoms with Crippen molar-refractivity contribution in [3.63, 3.8) is 0 Å². The summed E-state index contributed by atoms with van der Waals surface area (Å²) >= 11 is 0. The zero-order valence-electron chi connectivity index (χ0n) is 10.4. The summed E-state index contributed by atoms with van der Waals surface area (Å²) in [5.41, 5.74) is 1.27. The number of hydrogen-bond donors (Lipinski definition) is 0. The molecule has 0 fully saturated rings. The van der Waals surface area contributed by atoms with E-state index in [0.29, 0.717) is 12.2 Å². The first-order valence-electron chi connectivity index (χ1n) is 5.51. The van der Waals surface area contributed by atoms with Crippen molar-refractivity contribution < 1.29 is 19.1 Å². The molecule has 0 N–H and O–H groups in total. The second-order valence-corrected chi connectivity index (χ2v) is 3.39. The van der Waals surface area contributed by atoms with E-state index in [-0.39, 0.29) is 18.5 Å². The van der Waals surface area contributed by atoms with Gasteiger partial charge in [0.2, 0.25) is 0 Å². The van der Waals surface area contributed by atoms with Gasteiger partial charge in [-0.1, -0.05) is 12.1 Å².